The van der Waals surface area contributed by atoms with E-state index >= 15 is 0 Å². The fourth-order valence-electron chi connectivity index (χ4n) is 3.11. The van der Waals surface area contributed by atoms with E-state index < -0.39 is 0 Å². The molecule has 1 saturated heterocycles. The van der Waals surface area contributed by atoms with Gasteiger partial charge in [0.05, 0.1) is 13.2 Å². The summed E-state index contributed by atoms with van der Waals surface area (Å²) in [4.78, 5) is 1.42. The van der Waals surface area contributed by atoms with Crippen LogP contribution in [0.1, 0.15) is 24.8 Å². The van der Waals surface area contributed by atoms with Crippen LogP contribution in [0.25, 0.3) is 0 Å². The Morgan fingerprint density at radius 2 is 2.28 bits per heavy atom. The quantitative estimate of drug-likeness (QED) is 0.910. The molecule has 1 aromatic carbocycles. The molecule has 18 heavy (non-hydrogen) atoms. The average Bonchev–Trinajstić information content (AvgIpc) is 2.81. The molecule has 2 unspecified atom stereocenters. The highest BCUT2D eigenvalue weighted by molar-refractivity contribution is 8.00. The van der Waals surface area contributed by atoms with E-state index in [-0.39, 0.29) is 12.0 Å². The second-order valence-electron chi connectivity index (χ2n) is 5.57. The number of rotatable bonds is 3. The highest BCUT2D eigenvalue weighted by Crippen LogP contribution is 2.44. The Hall–Kier alpha value is -0.510. The lowest BCUT2D eigenvalue weighted by atomic mass is 9.78. The zero-order chi connectivity index (χ0) is 12.4. The molecule has 98 valence electrons. The highest BCUT2D eigenvalue weighted by Gasteiger charge is 2.36. The summed E-state index contributed by atoms with van der Waals surface area (Å²) in [5.74, 6) is 0. The zero-order valence-corrected chi connectivity index (χ0v) is 11.4. The van der Waals surface area contributed by atoms with E-state index in [1.807, 2.05) is 11.8 Å². The normalized spacial score (nSPS) is 31.3. The molecule has 2 aliphatic rings. The van der Waals surface area contributed by atoms with Gasteiger partial charge >= 0.3 is 0 Å². The third kappa shape index (κ3) is 2.44. The van der Waals surface area contributed by atoms with Gasteiger partial charge in [-0.2, -0.15) is 0 Å². The van der Waals surface area contributed by atoms with E-state index in [1.54, 1.807) is 0 Å². The van der Waals surface area contributed by atoms with Crippen LogP contribution in [-0.4, -0.2) is 30.2 Å². The summed E-state index contributed by atoms with van der Waals surface area (Å²) < 4.78 is 5.59. The maximum Gasteiger partial charge on any atom is 0.0544 e. The summed E-state index contributed by atoms with van der Waals surface area (Å²) >= 11 is 1.98. The highest BCUT2D eigenvalue weighted by atomic mass is 32.2. The zero-order valence-electron chi connectivity index (χ0n) is 10.6. The minimum absolute atomic E-state index is 0.0119. The molecule has 0 aliphatic carbocycles. The number of aliphatic hydroxyl groups excluding tert-OH is 1. The Kier molecular flexibility index (Phi) is 3.64. The third-order valence-corrected chi connectivity index (χ3v) is 5.43. The van der Waals surface area contributed by atoms with Crippen molar-refractivity contribution in [3.63, 3.8) is 0 Å². The molecular formula is C15H20O2S. The fourth-order valence-corrected chi connectivity index (χ4v) is 4.63. The number of aliphatic hydroxyl groups is 1. The topological polar surface area (TPSA) is 29.5 Å². The van der Waals surface area contributed by atoms with E-state index in [9.17, 15) is 5.11 Å². The van der Waals surface area contributed by atoms with Crippen LogP contribution in [0.3, 0.4) is 0 Å². The Morgan fingerprint density at radius 1 is 1.39 bits per heavy atom. The van der Waals surface area contributed by atoms with Crippen LogP contribution in [0, 0.1) is 5.41 Å². The Labute approximate surface area is 113 Å². The molecule has 1 aromatic rings. The molecule has 1 fully saturated rings. The van der Waals surface area contributed by atoms with Crippen LogP contribution in [0.4, 0.5) is 0 Å². The Bertz CT molecular complexity index is 388. The summed E-state index contributed by atoms with van der Waals surface area (Å²) in [6.45, 7) is 1.86. The second kappa shape index (κ2) is 5.24. The summed E-state index contributed by atoms with van der Waals surface area (Å²) in [6, 6.07) is 8.67. The second-order valence-corrected chi connectivity index (χ2v) is 6.91. The van der Waals surface area contributed by atoms with Crippen LogP contribution in [0.5, 0.6) is 0 Å². The Morgan fingerprint density at radius 3 is 3.00 bits per heavy atom. The van der Waals surface area contributed by atoms with Crippen molar-refractivity contribution in [1.29, 1.82) is 0 Å². The van der Waals surface area contributed by atoms with Crippen molar-refractivity contribution in [3.05, 3.63) is 29.8 Å². The van der Waals surface area contributed by atoms with Gasteiger partial charge in [-0.05, 0) is 37.3 Å². The first-order valence-electron chi connectivity index (χ1n) is 6.75. The van der Waals surface area contributed by atoms with Crippen LogP contribution in [0.15, 0.2) is 29.2 Å². The number of hydrogen-bond acceptors (Lipinski definition) is 3. The number of hydrogen-bond donors (Lipinski definition) is 1. The molecule has 0 amide bonds. The third-order valence-electron chi connectivity index (χ3n) is 4.11. The van der Waals surface area contributed by atoms with Gasteiger partial charge in [0.1, 0.15) is 0 Å². The summed E-state index contributed by atoms with van der Waals surface area (Å²) in [5, 5.41) is 10.3. The van der Waals surface area contributed by atoms with Gasteiger partial charge in [0.2, 0.25) is 0 Å². The van der Waals surface area contributed by atoms with Gasteiger partial charge in [0, 0.05) is 22.2 Å². The summed E-state index contributed by atoms with van der Waals surface area (Å²) in [6.07, 6.45) is 4.41. The molecule has 1 N–H and O–H groups in total. The predicted molar refractivity (Wildman–Crippen MR) is 74.0 cm³/mol. The standard InChI is InChI=1S/C15H20O2S/c16-10-15(6-3-7-17-11-15)9-13-8-12-4-1-2-5-14(12)18-13/h1-2,4-5,13,16H,3,6-11H2. The molecular weight excluding hydrogens is 244 g/mol. The molecule has 0 bridgehead atoms. The van der Waals surface area contributed by atoms with Crippen LogP contribution in [-0.2, 0) is 11.2 Å². The lowest BCUT2D eigenvalue weighted by Crippen LogP contribution is -2.37. The van der Waals surface area contributed by atoms with Crippen molar-refractivity contribution in [2.24, 2.45) is 5.41 Å². The average molecular weight is 264 g/mol. The van der Waals surface area contributed by atoms with Crippen molar-refractivity contribution in [1.82, 2.24) is 0 Å². The molecule has 0 radical (unpaired) electrons. The monoisotopic (exact) mass is 264 g/mol. The van der Waals surface area contributed by atoms with Crippen molar-refractivity contribution in [3.8, 4) is 0 Å². The van der Waals surface area contributed by atoms with E-state index in [0.717, 1.165) is 38.9 Å². The predicted octanol–water partition coefficient (Wildman–Crippen LogP) is 2.88. The van der Waals surface area contributed by atoms with Crippen molar-refractivity contribution in [2.75, 3.05) is 19.8 Å². The maximum atomic E-state index is 9.73. The minimum atomic E-state index is 0.0119. The SMILES string of the molecule is OCC1(CC2Cc3ccccc3S2)CCCOC1. The maximum absolute atomic E-state index is 9.73. The molecule has 2 atom stereocenters. The van der Waals surface area contributed by atoms with Gasteiger partial charge in [0.25, 0.3) is 0 Å². The van der Waals surface area contributed by atoms with Gasteiger partial charge in [0.15, 0.2) is 0 Å². The number of ether oxygens (including phenoxy) is 1. The number of benzene rings is 1. The largest absolute Gasteiger partial charge is 0.396 e. The molecule has 2 aliphatic heterocycles. The van der Waals surface area contributed by atoms with Crippen molar-refractivity contribution < 1.29 is 9.84 Å². The van der Waals surface area contributed by atoms with Crippen LogP contribution in [0.2, 0.25) is 0 Å². The molecule has 0 saturated carbocycles. The lowest BCUT2D eigenvalue weighted by molar-refractivity contribution is -0.0427. The summed E-state index contributed by atoms with van der Waals surface area (Å²) in [7, 11) is 0. The first kappa shape index (κ1) is 12.5. The molecule has 3 heteroatoms. The van der Waals surface area contributed by atoms with Gasteiger partial charge < -0.3 is 9.84 Å². The van der Waals surface area contributed by atoms with Gasteiger partial charge in [-0.3, -0.25) is 0 Å². The number of thioether (sulfide) groups is 1. The first-order chi connectivity index (χ1) is 8.81. The smallest absolute Gasteiger partial charge is 0.0544 e. The Balaban J connectivity index is 1.67. The lowest BCUT2D eigenvalue weighted by Gasteiger charge is -2.37. The molecule has 2 heterocycles. The van der Waals surface area contributed by atoms with E-state index in [2.05, 4.69) is 24.3 Å². The van der Waals surface area contributed by atoms with Crippen molar-refractivity contribution in [2.45, 2.75) is 35.8 Å². The molecule has 2 nitrogen and oxygen atoms in total. The van der Waals surface area contributed by atoms with Crippen LogP contribution < -0.4 is 0 Å². The van der Waals surface area contributed by atoms with Gasteiger partial charge in [-0.25, -0.2) is 0 Å². The summed E-state index contributed by atoms with van der Waals surface area (Å²) in [5.41, 5.74) is 1.48. The van der Waals surface area contributed by atoms with Crippen LogP contribution >= 0.6 is 11.8 Å². The molecule has 0 aromatic heterocycles. The fraction of sp³-hybridized carbons (Fsp3) is 0.600. The number of fused-ring (bicyclic) bond motifs is 1. The van der Waals surface area contributed by atoms with E-state index in [0.29, 0.717) is 5.25 Å². The van der Waals surface area contributed by atoms with Crippen molar-refractivity contribution >= 4 is 11.8 Å². The van der Waals surface area contributed by atoms with E-state index in [4.69, 9.17) is 4.74 Å². The molecule has 3 rings (SSSR count). The molecule has 0 spiro atoms. The van der Waals surface area contributed by atoms with Gasteiger partial charge in [-0.15, -0.1) is 11.8 Å². The van der Waals surface area contributed by atoms with E-state index in [1.165, 1.54) is 10.5 Å². The minimum Gasteiger partial charge on any atom is -0.396 e. The van der Waals surface area contributed by atoms with Gasteiger partial charge in [-0.1, -0.05) is 18.2 Å². The first-order valence-corrected chi connectivity index (χ1v) is 7.62.